The van der Waals surface area contributed by atoms with Gasteiger partial charge in [-0.25, -0.2) is 0 Å². The zero-order valence-corrected chi connectivity index (χ0v) is 13.8. The average Bonchev–Trinajstić information content (AvgIpc) is 2.59. The summed E-state index contributed by atoms with van der Waals surface area (Å²) in [6, 6.07) is 15.2. The van der Waals surface area contributed by atoms with E-state index in [1.165, 1.54) is 12.5 Å². The van der Waals surface area contributed by atoms with E-state index in [0.717, 1.165) is 5.56 Å². The molecular weight excluding hydrogens is 304 g/mol. The first-order valence-corrected chi connectivity index (χ1v) is 7.91. The molecule has 1 heterocycles. The summed E-state index contributed by atoms with van der Waals surface area (Å²) >= 11 is 0. The minimum absolute atomic E-state index is 0.109. The normalized spacial score (nSPS) is 16.1. The molecule has 124 valence electrons. The van der Waals surface area contributed by atoms with Crippen molar-refractivity contribution < 1.29 is 14.3 Å². The van der Waals surface area contributed by atoms with E-state index in [1.807, 2.05) is 49.4 Å². The molecular formula is C19H20N2O3. The lowest BCUT2D eigenvalue weighted by atomic mass is 10.1. The van der Waals surface area contributed by atoms with Crippen LogP contribution in [0.25, 0.3) is 0 Å². The van der Waals surface area contributed by atoms with Gasteiger partial charge in [-0.1, -0.05) is 42.0 Å². The van der Waals surface area contributed by atoms with Gasteiger partial charge < -0.3 is 15.0 Å². The summed E-state index contributed by atoms with van der Waals surface area (Å²) in [6.07, 6.45) is -0.714. The molecule has 0 unspecified atom stereocenters. The number of amides is 2. The average molecular weight is 324 g/mol. The number of carbonyl (C=O) groups excluding carboxylic acids is 2. The number of ether oxygens (including phenoxy) is 1. The van der Waals surface area contributed by atoms with E-state index in [1.54, 1.807) is 11.0 Å². The maximum atomic E-state index is 12.4. The summed E-state index contributed by atoms with van der Waals surface area (Å²) in [5, 5.41) is 2.88. The van der Waals surface area contributed by atoms with E-state index in [9.17, 15) is 9.59 Å². The fourth-order valence-corrected chi connectivity index (χ4v) is 2.68. The van der Waals surface area contributed by atoms with Crippen LogP contribution in [0.5, 0.6) is 5.75 Å². The van der Waals surface area contributed by atoms with Crippen molar-refractivity contribution >= 4 is 17.5 Å². The molecule has 0 fully saturated rings. The van der Waals surface area contributed by atoms with E-state index in [4.69, 9.17) is 4.74 Å². The monoisotopic (exact) mass is 324 g/mol. The molecule has 1 N–H and O–H groups in total. The summed E-state index contributed by atoms with van der Waals surface area (Å²) < 4.78 is 5.78. The van der Waals surface area contributed by atoms with E-state index >= 15 is 0 Å². The predicted octanol–water partition coefficient (Wildman–Crippen LogP) is 2.43. The van der Waals surface area contributed by atoms with Gasteiger partial charge in [0.1, 0.15) is 5.75 Å². The third-order valence-electron chi connectivity index (χ3n) is 4.03. The Morgan fingerprint density at radius 3 is 2.58 bits per heavy atom. The van der Waals surface area contributed by atoms with Crippen LogP contribution >= 0.6 is 0 Å². The van der Waals surface area contributed by atoms with Crippen molar-refractivity contribution in [2.24, 2.45) is 0 Å². The van der Waals surface area contributed by atoms with Crippen LogP contribution in [0.4, 0.5) is 5.69 Å². The number of nitrogens with one attached hydrogen (secondary N) is 1. The molecule has 2 aromatic carbocycles. The summed E-state index contributed by atoms with van der Waals surface area (Å²) in [7, 11) is 0. The first-order valence-electron chi connectivity index (χ1n) is 7.91. The molecule has 0 bridgehead atoms. The van der Waals surface area contributed by atoms with Crippen LogP contribution in [0.1, 0.15) is 18.1 Å². The minimum atomic E-state index is -0.714. The fraction of sp³-hybridized carbons (Fsp3) is 0.263. The molecule has 1 aliphatic rings. The van der Waals surface area contributed by atoms with E-state index in [-0.39, 0.29) is 18.4 Å². The third kappa shape index (κ3) is 3.40. The number of hydrogen-bond donors (Lipinski definition) is 1. The second-order valence-corrected chi connectivity index (χ2v) is 5.91. The lowest BCUT2D eigenvalue weighted by Crippen LogP contribution is -2.50. The Balaban J connectivity index is 1.69. The highest BCUT2D eigenvalue weighted by molar-refractivity contribution is 5.95. The standard InChI is InChI=1S/C19H20N2O3/c1-13-7-9-15(10-8-13)11-20-19(23)18-12-21(14(2)22)16-5-3-4-6-17(16)24-18/h3-10,18H,11-12H2,1-2H3,(H,20,23)/t18-/m0/s1. The number of nitrogens with zero attached hydrogens (tertiary/aromatic N) is 1. The lowest BCUT2D eigenvalue weighted by Gasteiger charge is -2.33. The molecule has 24 heavy (non-hydrogen) atoms. The molecule has 0 radical (unpaired) electrons. The zero-order chi connectivity index (χ0) is 17.1. The second kappa shape index (κ2) is 6.74. The van der Waals surface area contributed by atoms with Crippen molar-refractivity contribution in [2.75, 3.05) is 11.4 Å². The Morgan fingerprint density at radius 2 is 1.88 bits per heavy atom. The Labute approximate surface area is 141 Å². The highest BCUT2D eigenvalue weighted by Gasteiger charge is 2.32. The number of hydrogen-bond acceptors (Lipinski definition) is 3. The molecule has 0 aliphatic carbocycles. The van der Waals surface area contributed by atoms with Crippen molar-refractivity contribution in [1.82, 2.24) is 5.32 Å². The summed E-state index contributed by atoms with van der Waals surface area (Å²) in [6.45, 7) is 4.15. The SMILES string of the molecule is CC(=O)N1C[C@@H](C(=O)NCc2ccc(C)cc2)Oc2ccccc21. The topological polar surface area (TPSA) is 58.6 Å². The molecule has 2 aromatic rings. The Kier molecular flexibility index (Phi) is 4.51. The largest absolute Gasteiger partial charge is 0.477 e. The minimum Gasteiger partial charge on any atom is -0.477 e. The molecule has 3 rings (SSSR count). The number of para-hydroxylation sites is 2. The van der Waals surface area contributed by atoms with Crippen LogP contribution in [0.15, 0.2) is 48.5 Å². The first kappa shape index (κ1) is 16.1. The van der Waals surface area contributed by atoms with Crippen LogP contribution < -0.4 is 15.0 Å². The van der Waals surface area contributed by atoms with Gasteiger partial charge in [-0.15, -0.1) is 0 Å². The van der Waals surface area contributed by atoms with Crippen molar-refractivity contribution in [3.05, 3.63) is 59.7 Å². The van der Waals surface area contributed by atoms with E-state index < -0.39 is 6.10 Å². The molecule has 0 saturated carbocycles. The molecule has 5 heteroatoms. The van der Waals surface area contributed by atoms with Crippen LogP contribution in [0, 0.1) is 6.92 Å². The number of fused-ring (bicyclic) bond motifs is 1. The second-order valence-electron chi connectivity index (χ2n) is 5.91. The summed E-state index contributed by atoms with van der Waals surface area (Å²) in [4.78, 5) is 25.9. The number of anilines is 1. The zero-order valence-electron chi connectivity index (χ0n) is 13.8. The Bertz CT molecular complexity index is 755. The molecule has 1 aliphatic heterocycles. The van der Waals surface area contributed by atoms with Crippen LogP contribution in [0.3, 0.4) is 0 Å². The maximum Gasteiger partial charge on any atom is 0.263 e. The smallest absolute Gasteiger partial charge is 0.263 e. The Morgan fingerprint density at radius 1 is 1.17 bits per heavy atom. The maximum absolute atomic E-state index is 12.4. The summed E-state index contributed by atoms with van der Waals surface area (Å²) in [5.41, 5.74) is 2.90. The number of rotatable bonds is 3. The van der Waals surface area contributed by atoms with Crippen LogP contribution in [-0.4, -0.2) is 24.5 Å². The molecule has 0 saturated heterocycles. The van der Waals surface area contributed by atoms with Gasteiger partial charge in [0, 0.05) is 13.5 Å². The van der Waals surface area contributed by atoms with Crippen molar-refractivity contribution in [1.29, 1.82) is 0 Å². The molecule has 0 aromatic heterocycles. The molecule has 0 spiro atoms. The molecule has 1 atom stereocenters. The van der Waals surface area contributed by atoms with Crippen molar-refractivity contribution in [3.63, 3.8) is 0 Å². The van der Waals surface area contributed by atoms with Gasteiger partial charge in [-0.2, -0.15) is 0 Å². The van der Waals surface area contributed by atoms with Gasteiger partial charge in [0.05, 0.1) is 12.2 Å². The quantitative estimate of drug-likeness (QED) is 0.943. The van der Waals surface area contributed by atoms with Crippen LogP contribution in [-0.2, 0) is 16.1 Å². The van der Waals surface area contributed by atoms with Gasteiger partial charge in [0.25, 0.3) is 5.91 Å². The molecule has 2 amide bonds. The Hall–Kier alpha value is -2.82. The van der Waals surface area contributed by atoms with Crippen molar-refractivity contribution in [3.8, 4) is 5.75 Å². The van der Waals surface area contributed by atoms with Crippen molar-refractivity contribution in [2.45, 2.75) is 26.5 Å². The first-order chi connectivity index (χ1) is 11.5. The summed E-state index contributed by atoms with van der Waals surface area (Å²) in [5.74, 6) is 0.216. The van der Waals surface area contributed by atoms with Gasteiger partial charge in [-0.05, 0) is 24.6 Å². The third-order valence-corrected chi connectivity index (χ3v) is 4.03. The lowest BCUT2D eigenvalue weighted by molar-refractivity contribution is -0.128. The fourth-order valence-electron chi connectivity index (χ4n) is 2.68. The highest BCUT2D eigenvalue weighted by atomic mass is 16.5. The van der Waals surface area contributed by atoms with Gasteiger partial charge in [0.2, 0.25) is 5.91 Å². The highest BCUT2D eigenvalue weighted by Crippen LogP contribution is 2.33. The predicted molar refractivity (Wildman–Crippen MR) is 91.9 cm³/mol. The number of carbonyl (C=O) groups is 2. The van der Waals surface area contributed by atoms with E-state index in [0.29, 0.717) is 18.0 Å². The van der Waals surface area contributed by atoms with Gasteiger partial charge in [0.15, 0.2) is 6.10 Å². The van der Waals surface area contributed by atoms with Crippen LogP contribution in [0.2, 0.25) is 0 Å². The number of aryl methyl sites for hydroxylation is 1. The molecule has 5 nitrogen and oxygen atoms in total. The van der Waals surface area contributed by atoms with E-state index in [2.05, 4.69) is 5.32 Å². The van der Waals surface area contributed by atoms with Gasteiger partial charge >= 0.3 is 0 Å². The van der Waals surface area contributed by atoms with Gasteiger partial charge in [-0.3, -0.25) is 9.59 Å². The number of benzene rings is 2.